The van der Waals surface area contributed by atoms with E-state index in [1.54, 1.807) is 0 Å². The van der Waals surface area contributed by atoms with Crippen molar-refractivity contribution in [3.05, 3.63) is 29.8 Å². The number of rotatable bonds is 4. The molecule has 14 heavy (non-hydrogen) atoms. The molecule has 3 nitrogen and oxygen atoms in total. The molecule has 0 aliphatic heterocycles. The minimum absolute atomic E-state index is 0.280. The Morgan fingerprint density at radius 2 is 2.14 bits per heavy atom. The number of hydrogen-bond acceptors (Lipinski definition) is 3. The van der Waals surface area contributed by atoms with E-state index >= 15 is 0 Å². The summed E-state index contributed by atoms with van der Waals surface area (Å²) >= 11 is 0. The molecule has 0 fully saturated rings. The number of esters is 1. The molecule has 0 heterocycles. The molecule has 0 saturated carbocycles. The second kappa shape index (κ2) is 5.27. The molecule has 0 amide bonds. The Kier molecular flexibility index (Phi) is 3.98. The Morgan fingerprint density at radius 3 is 2.79 bits per heavy atom. The Morgan fingerprint density at radius 1 is 1.36 bits per heavy atom. The van der Waals surface area contributed by atoms with Crippen molar-refractivity contribution < 1.29 is 14.3 Å². The molecule has 0 aliphatic carbocycles. The lowest BCUT2D eigenvalue weighted by molar-refractivity contribution is -0.141. The van der Waals surface area contributed by atoms with Gasteiger partial charge in [-0.05, 0) is 24.6 Å². The van der Waals surface area contributed by atoms with Gasteiger partial charge in [0.05, 0.1) is 0 Å². The van der Waals surface area contributed by atoms with Crippen LogP contribution >= 0.6 is 0 Å². The van der Waals surface area contributed by atoms with Gasteiger partial charge in [0.15, 0.2) is 0 Å². The van der Waals surface area contributed by atoms with Gasteiger partial charge >= 0.3 is 5.97 Å². The standard InChI is InChI=1S/C11H14O3/c1-9-4-3-5-11(8-9)14-7-6-13-10(2)12/h3-5,8H,6-7H2,1-2H3. The van der Waals surface area contributed by atoms with E-state index in [-0.39, 0.29) is 5.97 Å². The molecule has 76 valence electrons. The lowest BCUT2D eigenvalue weighted by atomic mass is 10.2. The van der Waals surface area contributed by atoms with Gasteiger partial charge < -0.3 is 9.47 Å². The molecule has 0 aromatic heterocycles. The Balaban J connectivity index is 2.28. The molecule has 0 N–H and O–H groups in total. The van der Waals surface area contributed by atoms with Crippen LogP contribution in [0.15, 0.2) is 24.3 Å². The van der Waals surface area contributed by atoms with E-state index in [1.165, 1.54) is 6.92 Å². The second-order valence-electron chi connectivity index (χ2n) is 3.01. The van der Waals surface area contributed by atoms with Gasteiger partial charge in [-0.3, -0.25) is 4.79 Å². The first kappa shape index (κ1) is 10.6. The number of carbonyl (C=O) groups excluding carboxylic acids is 1. The number of benzene rings is 1. The fraction of sp³-hybridized carbons (Fsp3) is 0.364. The van der Waals surface area contributed by atoms with Gasteiger partial charge in [0.1, 0.15) is 19.0 Å². The fourth-order valence-corrected chi connectivity index (χ4v) is 1.05. The zero-order valence-electron chi connectivity index (χ0n) is 8.45. The summed E-state index contributed by atoms with van der Waals surface area (Å²) in [5, 5.41) is 0. The molecule has 0 atom stereocenters. The van der Waals surface area contributed by atoms with E-state index in [0.717, 1.165) is 11.3 Å². The summed E-state index contributed by atoms with van der Waals surface area (Å²) in [5.74, 6) is 0.523. The predicted molar refractivity (Wildman–Crippen MR) is 53.3 cm³/mol. The van der Waals surface area contributed by atoms with Crippen LogP contribution in [-0.2, 0) is 9.53 Å². The van der Waals surface area contributed by atoms with Crippen LogP contribution in [0.5, 0.6) is 5.75 Å². The van der Waals surface area contributed by atoms with Gasteiger partial charge in [-0.2, -0.15) is 0 Å². The third-order valence-electron chi connectivity index (χ3n) is 1.65. The van der Waals surface area contributed by atoms with Crippen molar-refractivity contribution in [3.8, 4) is 5.75 Å². The highest BCUT2D eigenvalue weighted by Gasteiger charge is 1.95. The molecular weight excluding hydrogens is 180 g/mol. The van der Waals surface area contributed by atoms with Crippen molar-refractivity contribution in [1.82, 2.24) is 0 Å². The van der Waals surface area contributed by atoms with Gasteiger partial charge in [0.2, 0.25) is 0 Å². The summed E-state index contributed by atoms with van der Waals surface area (Å²) in [4.78, 5) is 10.4. The van der Waals surface area contributed by atoms with E-state index in [2.05, 4.69) is 0 Å². The minimum atomic E-state index is -0.280. The van der Waals surface area contributed by atoms with Crippen LogP contribution < -0.4 is 4.74 Å². The highest BCUT2D eigenvalue weighted by Crippen LogP contribution is 2.11. The summed E-state index contributed by atoms with van der Waals surface area (Å²) < 4.78 is 10.1. The highest BCUT2D eigenvalue weighted by molar-refractivity contribution is 5.65. The summed E-state index contributed by atoms with van der Waals surface area (Å²) in [7, 11) is 0. The molecule has 1 aromatic rings. The summed E-state index contributed by atoms with van der Waals surface area (Å²) in [6.45, 7) is 4.07. The smallest absolute Gasteiger partial charge is 0.302 e. The lowest BCUT2D eigenvalue weighted by Crippen LogP contribution is -2.09. The predicted octanol–water partition coefficient (Wildman–Crippen LogP) is 1.94. The van der Waals surface area contributed by atoms with E-state index in [1.807, 2.05) is 31.2 Å². The third kappa shape index (κ3) is 3.94. The summed E-state index contributed by atoms with van der Waals surface area (Å²) in [6.07, 6.45) is 0. The molecule has 0 unspecified atom stereocenters. The quantitative estimate of drug-likeness (QED) is 0.542. The molecule has 0 saturated heterocycles. The van der Waals surface area contributed by atoms with E-state index in [9.17, 15) is 4.79 Å². The van der Waals surface area contributed by atoms with Crippen LogP contribution in [0.2, 0.25) is 0 Å². The zero-order valence-corrected chi connectivity index (χ0v) is 8.45. The molecule has 0 radical (unpaired) electrons. The van der Waals surface area contributed by atoms with E-state index in [0.29, 0.717) is 13.2 Å². The normalized spacial score (nSPS) is 9.57. The summed E-state index contributed by atoms with van der Waals surface area (Å²) in [6, 6.07) is 7.74. The molecule has 0 aliphatic rings. The summed E-state index contributed by atoms with van der Waals surface area (Å²) in [5.41, 5.74) is 1.15. The number of carbonyl (C=O) groups is 1. The van der Waals surface area contributed by atoms with Crippen molar-refractivity contribution in [2.75, 3.05) is 13.2 Å². The number of ether oxygens (including phenoxy) is 2. The topological polar surface area (TPSA) is 35.5 Å². The van der Waals surface area contributed by atoms with Crippen molar-refractivity contribution in [3.63, 3.8) is 0 Å². The Bertz CT molecular complexity index is 307. The molecule has 0 bridgehead atoms. The second-order valence-corrected chi connectivity index (χ2v) is 3.01. The van der Waals surface area contributed by atoms with Gasteiger partial charge in [-0.15, -0.1) is 0 Å². The molecule has 3 heteroatoms. The lowest BCUT2D eigenvalue weighted by Gasteiger charge is -2.06. The number of hydrogen-bond donors (Lipinski definition) is 0. The Labute approximate surface area is 83.6 Å². The SMILES string of the molecule is CC(=O)OCCOc1cccc(C)c1. The van der Waals surface area contributed by atoms with Gasteiger partial charge in [0.25, 0.3) is 0 Å². The van der Waals surface area contributed by atoms with Gasteiger partial charge in [0, 0.05) is 6.92 Å². The Hall–Kier alpha value is -1.51. The van der Waals surface area contributed by atoms with Crippen molar-refractivity contribution in [2.45, 2.75) is 13.8 Å². The first-order chi connectivity index (χ1) is 6.68. The van der Waals surface area contributed by atoms with E-state index in [4.69, 9.17) is 9.47 Å². The average molecular weight is 194 g/mol. The maximum Gasteiger partial charge on any atom is 0.302 e. The third-order valence-corrected chi connectivity index (χ3v) is 1.65. The number of aryl methyl sites for hydroxylation is 1. The monoisotopic (exact) mass is 194 g/mol. The fourth-order valence-electron chi connectivity index (χ4n) is 1.05. The zero-order chi connectivity index (χ0) is 10.4. The maximum absolute atomic E-state index is 10.4. The largest absolute Gasteiger partial charge is 0.490 e. The van der Waals surface area contributed by atoms with Crippen molar-refractivity contribution in [1.29, 1.82) is 0 Å². The molecule has 1 aromatic carbocycles. The first-order valence-corrected chi connectivity index (χ1v) is 4.51. The maximum atomic E-state index is 10.4. The minimum Gasteiger partial charge on any atom is -0.490 e. The van der Waals surface area contributed by atoms with Crippen molar-refractivity contribution >= 4 is 5.97 Å². The van der Waals surface area contributed by atoms with Crippen LogP contribution in [0, 0.1) is 6.92 Å². The molecule has 0 spiro atoms. The van der Waals surface area contributed by atoms with Crippen molar-refractivity contribution in [2.24, 2.45) is 0 Å². The van der Waals surface area contributed by atoms with Crippen LogP contribution in [0.25, 0.3) is 0 Å². The first-order valence-electron chi connectivity index (χ1n) is 4.51. The van der Waals surface area contributed by atoms with Crippen LogP contribution in [-0.4, -0.2) is 19.2 Å². The van der Waals surface area contributed by atoms with E-state index < -0.39 is 0 Å². The van der Waals surface area contributed by atoms with Gasteiger partial charge in [-0.25, -0.2) is 0 Å². The molecule has 1 rings (SSSR count). The van der Waals surface area contributed by atoms with Gasteiger partial charge in [-0.1, -0.05) is 12.1 Å². The van der Waals surface area contributed by atoms with Crippen LogP contribution in [0.3, 0.4) is 0 Å². The van der Waals surface area contributed by atoms with Crippen LogP contribution in [0.4, 0.5) is 0 Å². The average Bonchev–Trinajstić information content (AvgIpc) is 2.12. The van der Waals surface area contributed by atoms with Crippen LogP contribution in [0.1, 0.15) is 12.5 Å². The molecular formula is C11H14O3. The highest BCUT2D eigenvalue weighted by atomic mass is 16.6.